The van der Waals surface area contributed by atoms with Crippen molar-refractivity contribution in [3.05, 3.63) is 18.0 Å². The van der Waals surface area contributed by atoms with E-state index >= 15 is 0 Å². The van der Waals surface area contributed by atoms with Crippen molar-refractivity contribution in [2.75, 3.05) is 6.61 Å². The first-order valence-electron chi connectivity index (χ1n) is 3.98. The summed E-state index contributed by atoms with van der Waals surface area (Å²) >= 11 is 0. The Morgan fingerprint density at radius 3 is 2.92 bits per heavy atom. The van der Waals surface area contributed by atoms with Gasteiger partial charge >= 0.3 is 5.97 Å². The quantitative estimate of drug-likeness (QED) is 0.634. The molecule has 0 saturated carbocycles. The van der Waals surface area contributed by atoms with Gasteiger partial charge in [-0.05, 0) is 19.9 Å². The van der Waals surface area contributed by atoms with Crippen LogP contribution in [-0.4, -0.2) is 22.4 Å². The fourth-order valence-corrected chi connectivity index (χ4v) is 0.852. The number of esters is 1. The number of nitrogens with zero attached hydrogens (tertiary/aromatic N) is 2. The maximum absolute atomic E-state index is 11.1. The van der Waals surface area contributed by atoms with E-state index in [1.807, 2.05) is 6.92 Å². The molecule has 12 heavy (non-hydrogen) atoms. The van der Waals surface area contributed by atoms with Crippen molar-refractivity contribution >= 4 is 5.97 Å². The molecule has 0 aliphatic rings. The molecule has 1 rings (SSSR count). The molecule has 0 saturated heterocycles. The number of ether oxygens (including phenoxy) is 1. The highest BCUT2D eigenvalue weighted by Crippen LogP contribution is 1.97. The summed E-state index contributed by atoms with van der Waals surface area (Å²) in [5.41, 5.74) is 0.374. The van der Waals surface area contributed by atoms with Crippen molar-refractivity contribution < 1.29 is 9.53 Å². The summed E-state index contributed by atoms with van der Waals surface area (Å²) in [4.78, 5) is 11.1. The van der Waals surface area contributed by atoms with Crippen LogP contribution in [0.5, 0.6) is 0 Å². The third-order valence-electron chi connectivity index (χ3n) is 1.45. The molecule has 0 fully saturated rings. The fourth-order valence-electron chi connectivity index (χ4n) is 0.852. The standard InChI is InChI=1S/C8H12N2O2/c1-3-10-6-5-7(9-10)8(11)12-4-2/h5-6H,3-4H2,1-2H3. The summed E-state index contributed by atoms with van der Waals surface area (Å²) in [6, 6.07) is 1.65. The van der Waals surface area contributed by atoms with Crippen LogP contribution in [0.4, 0.5) is 0 Å². The number of carbonyl (C=O) groups excluding carboxylic acids is 1. The largest absolute Gasteiger partial charge is 0.461 e. The Kier molecular flexibility index (Phi) is 2.85. The highest BCUT2D eigenvalue weighted by atomic mass is 16.5. The molecular formula is C8H12N2O2. The summed E-state index contributed by atoms with van der Waals surface area (Å²) in [7, 11) is 0. The Morgan fingerprint density at radius 2 is 2.42 bits per heavy atom. The first-order chi connectivity index (χ1) is 5.77. The zero-order valence-electron chi connectivity index (χ0n) is 7.28. The Hall–Kier alpha value is -1.32. The predicted molar refractivity (Wildman–Crippen MR) is 43.9 cm³/mol. The van der Waals surface area contributed by atoms with Crippen LogP contribution in [0.2, 0.25) is 0 Å². The van der Waals surface area contributed by atoms with E-state index in [2.05, 4.69) is 5.10 Å². The van der Waals surface area contributed by atoms with Crippen LogP contribution in [-0.2, 0) is 11.3 Å². The van der Waals surface area contributed by atoms with E-state index in [-0.39, 0.29) is 5.97 Å². The average molecular weight is 168 g/mol. The minimum Gasteiger partial charge on any atom is -0.461 e. The lowest BCUT2D eigenvalue weighted by Gasteiger charge is -1.96. The lowest BCUT2D eigenvalue weighted by Crippen LogP contribution is -2.06. The van der Waals surface area contributed by atoms with Crippen molar-refractivity contribution in [2.24, 2.45) is 0 Å². The van der Waals surface area contributed by atoms with Gasteiger partial charge in [0.05, 0.1) is 6.61 Å². The minimum absolute atomic E-state index is 0.357. The Bertz CT molecular complexity index is 268. The Balaban J connectivity index is 2.68. The average Bonchev–Trinajstić information content (AvgIpc) is 2.52. The zero-order valence-corrected chi connectivity index (χ0v) is 7.28. The first-order valence-corrected chi connectivity index (χ1v) is 3.98. The van der Waals surface area contributed by atoms with Crippen molar-refractivity contribution in [1.82, 2.24) is 9.78 Å². The molecule has 4 nitrogen and oxygen atoms in total. The molecule has 0 aliphatic heterocycles. The molecule has 0 spiro atoms. The number of aryl methyl sites for hydroxylation is 1. The molecule has 66 valence electrons. The molecule has 1 aromatic rings. The van der Waals surface area contributed by atoms with E-state index in [4.69, 9.17) is 4.74 Å². The molecule has 0 aliphatic carbocycles. The maximum atomic E-state index is 11.1. The van der Waals surface area contributed by atoms with Gasteiger partial charge in [0.2, 0.25) is 0 Å². The molecule has 0 atom stereocenters. The van der Waals surface area contributed by atoms with Crippen molar-refractivity contribution in [3.63, 3.8) is 0 Å². The lowest BCUT2D eigenvalue weighted by molar-refractivity contribution is 0.0518. The van der Waals surface area contributed by atoms with E-state index in [1.54, 1.807) is 23.9 Å². The SMILES string of the molecule is CCOC(=O)c1ccn(CC)n1. The third kappa shape index (κ3) is 1.84. The Labute approximate surface area is 71.1 Å². The van der Waals surface area contributed by atoms with Crippen LogP contribution in [0.15, 0.2) is 12.3 Å². The summed E-state index contributed by atoms with van der Waals surface area (Å²) in [6.07, 6.45) is 1.76. The van der Waals surface area contributed by atoms with Crippen molar-refractivity contribution in [2.45, 2.75) is 20.4 Å². The van der Waals surface area contributed by atoms with Gasteiger partial charge in [-0.1, -0.05) is 0 Å². The topological polar surface area (TPSA) is 44.1 Å². The van der Waals surface area contributed by atoms with Gasteiger partial charge in [-0.2, -0.15) is 5.10 Å². The number of hydrogen-bond donors (Lipinski definition) is 0. The number of carbonyl (C=O) groups is 1. The van der Waals surface area contributed by atoms with Gasteiger partial charge in [0.25, 0.3) is 0 Å². The fraction of sp³-hybridized carbons (Fsp3) is 0.500. The molecule has 4 heteroatoms. The van der Waals surface area contributed by atoms with Crippen LogP contribution in [0, 0.1) is 0 Å². The van der Waals surface area contributed by atoms with E-state index in [0.29, 0.717) is 12.3 Å². The van der Waals surface area contributed by atoms with E-state index < -0.39 is 0 Å². The second kappa shape index (κ2) is 3.90. The van der Waals surface area contributed by atoms with Crippen LogP contribution in [0.1, 0.15) is 24.3 Å². The van der Waals surface area contributed by atoms with Crippen LogP contribution >= 0.6 is 0 Å². The van der Waals surface area contributed by atoms with Gasteiger partial charge in [-0.25, -0.2) is 4.79 Å². The lowest BCUT2D eigenvalue weighted by atomic mass is 10.4. The molecule has 0 N–H and O–H groups in total. The van der Waals surface area contributed by atoms with Crippen LogP contribution < -0.4 is 0 Å². The van der Waals surface area contributed by atoms with E-state index in [1.165, 1.54) is 0 Å². The second-order valence-electron chi connectivity index (χ2n) is 2.28. The summed E-state index contributed by atoms with van der Waals surface area (Å²) < 4.78 is 6.46. The van der Waals surface area contributed by atoms with Gasteiger partial charge in [-0.15, -0.1) is 0 Å². The molecule has 0 amide bonds. The molecule has 0 aromatic carbocycles. The summed E-state index contributed by atoms with van der Waals surface area (Å²) in [5.74, 6) is -0.357. The van der Waals surface area contributed by atoms with Gasteiger partial charge in [0.1, 0.15) is 0 Å². The molecule has 0 unspecified atom stereocenters. The first kappa shape index (κ1) is 8.77. The van der Waals surface area contributed by atoms with Gasteiger partial charge < -0.3 is 4.74 Å². The number of hydrogen-bond acceptors (Lipinski definition) is 3. The molecular weight excluding hydrogens is 156 g/mol. The highest BCUT2D eigenvalue weighted by Gasteiger charge is 2.08. The minimum atomic E-state index is -0.357. The van der Waals surface area contributed by atoms with E-state index in [0.717, 1.165) is 6.54 Å². The smallest absolute Gasteiger partial charge is 0.358 e. The van der Waals surface area contributed by atoms with Gasteiger partial charge in [0, 0.05) is 12.7 Å². The van der Waals surface area contributed by atoms with Gasteiger partial charge in [-0.3, -0.25) is 4.68 Å². The normalized spacial score (nSPS) is 9.83. The molecule has 1 aromatic heterocycles. The number of aromatic nitrogens is 2. The summed E-state index contributed by atoms with van der Waals surface area (Å²) in [6.45, 7) is 4.88. The predicted octanol–water partition coefficient (Wildman–Crippen LogP) is 1.08. The van der Waals surface area contributed by atoms with Crippen molar-refractivity contribution in [3.8, 4) is 0 Å². The van der Waals surface area contributed by atoms with E-state index in [9.17, 15) is 4.79 Å². The van der Waals surface area contributed by atoms with Crippen LogP contribution in [0.25, 0.3) is 0 Å². The molecule has 0 radical (unpaired) electrons. The number of rotatable bonds is 3. The van der Waals surface area contributed by atoms with Gasteiger partial charge in [0.15, 0.2) is 5.69 Å². The highest BCUT2D eigenvalue weighted by molar-refractivity contribution is 5.86. The zero-order chi connectivity index (χ0) is 8.97. The van der Waals surface area contributed by atoms with Crippen LogP contribution in [0.3, 0.4) is 0 Å². The maximum Gasteiger partial charge on any atom is 0.358 e. The van der Waals surface area contributed by atoms with Crippen molar-refractivity contribution in [1.29, 1.82) is 0 Å². The summed E-state index contributed by atoms with van der Waals surface area (Å²) in [5, 5.41) is 3.99. The molecule has 0 bridgehead atoms. The second-order valence-corrected chi connectivity index (χ2v) is 2.28. The third-order valence-corrected chi connectivity index (χ3v) is 1.45. The Morgan fingerprint density at radius 1 is 1.67 bits per heavy atom. The molecule has 1 heterocycles. The monoisotopic (exact) mass is 168 g/mol.